The van der Waals surface area contributed by atoms with E-state index >= 15 is 0 Å². The molecule has 2 aromatic rings. The van der Waals surface area contributed by atoms with Crippen LogP contribution in [-0.4, -0.2) is 36.8 Å². The zero-order chi connectivity index (χ0) is 17.4. The lowest BCUT2D eigenvalue weighted by Crippen LogP contribution is -2.27. The minimum absolute atomic E-state index is 0.0176. The van der Waals surface area contributed by atoms with Gasteiger partial charge in [-0.05, 0) is 18.4 Å². The Morgan fingerprint density at radius 3 is 2.71 bits per heavy atom. The Balaban J connectivity index is 1.92. The molecule has 0 saturated heterocycles. The molecule has 0 unspecified atom stereocenters. The molecule has 0 aliphatic carbocycles. The molecule has 1 heterocycles. The number of H-pyrrole nitrogens is 1. The van der Waals surface area contributed by atoms with Gasteiger partial charge in [0.05, 0.1) is 17.6 Å². The average Bonchev–Trinajstić information content (AvgIpc) is 3.01. The van der Waals surface area contributed by atoms with Gasteiger partial charge in [-0.15, -0.1) is 0 Å². The van der Waals surface area contributed by atoms with Crippen molar-refractivity contribution in [1.82, 2.24) is 15.5 Å². The van der Waals surface area contributed by atoms with Crippen LogP contribution in [0, 0.1) is 0 Å². The number of sulfonamides is 1. The van der Waals surface area contributed by atoms with Crippen molar-refractivity contribution in [1.29, 1.82) is 0 Å². The van der Waals surface area contributed by atoms with Gasteiger partial charge in [-0.25, -0.2) is 8.42 Å². The molecule has 7 nitrogen and oxygen atoms in total. The zero-order valence-electron chi connectivity index (χ0n) is 13.6. The predicted molar refractivity (Wildman–Crippen MR) is 93.4 cm³/mol. The molecule has 0 aliphatic rings. The highest BCUT2D eigenvalue weighted by atomic mass is 32.2. The Labute approximate surface area is 141 Å². The van der Waals surface area contributed by atoms with E-state index in [1.807, 2.05) is 37.3 Å². The van der Waals surface area contributed by atoms with Crippen molar-refractivity contribution < 1.29 is 13.2 Å². The number of nitrogens with zero attached hydrogens (tertiary/aromatic N) is 1. The smallest absolute Gasteiger partial charge is 0.271 e. The molecule has 0 aliphatic heterocycles. The van der Waals surface area contributed by atoms with E-state index in [1.54, 1.807) is 0 Å². The number of aromatic amines is 1. The number of carbonyl (C=O) groups excluding carboxylic acids is 1. The molecule has 0 atom stereocenters. The SMILES string of the molecule is CCCCS(=O)(=O)Nc1cn[nH]c1C(=O)NCCc1ccccc1. The summed E-state index contributed by atoms with van der Waals surface area (Å²) in [5.41, 5.74) is 1.40. The number of benzene rings is 1. The highest BCUT2D eigenvalue weighted by molar-refractivity contribution is 7.92. The standard InChI is InChI=1S/C16H22N4O3S/c1-2-3-11-24(22,23)20-14-12-18-19-15(14)16(21)17-10-9-13-7-5-4-6-8-13/h4-8,12,20H,2-3,9-11H2,1H3,(H,17,21)(H,18,19). The van der Waals surface area contributed by atoms with E-state index < -0.39 is 15.9 Å². The maximum atomic E-state index is 12.2. The largest absolute Gasteiger partial charge is 0.350 e. The van der Waals surface area contributed by atoms with Crippen molar-refractivity contribution in [2.75, 3.05) is 17.0 Å². The molecule has 0 fully saturated rings. The zero-order valence-corrected chi connectivity index (χ0v) is 14.4. The number of aromatic nitrogens is 2. The summed E-state index contributed by atoms with van der Waals surface area (Å²) < 4.78 is 26.3. The van der Waals surface area contributed by atoms with Crippen molar-refractivity contribution in [3.63, 3.8) is 0 Å². The molecule has 2 rings (SSSR count). The third kappa shape index (κ3) is 5.38. The molecule has 24 heavy (non-hydrogen) atoms. The van der Waals surface area contributed by atoms with Gasteiger partial charge in [-0.1, -0.05) is 43.7 Å². The number of anilines is 1. The fourth-order valence-corrected chi connectivity index (χ4v) is 3.40. The second-order valence-electron chi connectivity index (χ2n) is 5.42. The van der Waals surface area contributed by atoms with Gasteiger partial charge in [0, 0.05) is 6.54 Å². The van der Waals surface area contributed by atoms with Gasteiger partial charge in [0.15, 0.2) is 0 Å². The van der Waals surface area contributed by atoms with Gasteiger partial charge in [-0.3, -0.25) is 14.6 Å². The maximum absolute atomic E-state index is 12.2. The minimum Gasteiger partial charge on any atom is -0.350 e. The number of nitrogens with one attached hydrogen (secondary N) is 3. The molecular weight excluding hydrogens is 328 g/mol. The lowest BCUT2D eigenvalue weighted by Gasteiger charge is -2.08. The van der Waals surface area contributed by atoms with Crippen LogP contribution in [0.3, 0.4) is 0 Å². The second kappa shape index (κ2) is 8.49. The number of hydrogen-bond donors (Lipinski definition) is 3. The quantitative estimate of drug-likeness (QED) is 0.643. The molecule has 8 heteroatoms. The summed E-state index contributed by atoms with van der Waals surface area (Å²) in [4.78, 5) is 12.2. The number of carbonyl (C=O) groups is 1. The fourth-order valence-electron chi connectivity index (χ4n) is 2.14. The van der Waals surface area contributed by atoms with Crippen LogP contribution in [0.25, 0.3) is 0 Å². The number of hydrogen-bond acceptors (Lipinski definition) is 4. The fraction of sp³-hybridized carbons (Fsp3) is 0.375. The molecule has 1 aromatic heterocycles. The summed E-state index contributed by atoms with van der Waals surface area (Å²) in [5, 5.41) is 9.06. The van der Waals surface area contributed by atoms with Crippen LogP contribution in [0.4, 0.5) is 5.69 Å². The highest BCUT2D eigenvalue weighted by Gasteiger charge is 2.18. The lowest BCUT2D eigenvalue weighted by molar-refractivity contribution is 0.0950. The van der Waals surface area contributed by atoms with Crippen LogP contribution < -0.4 is 10.0 Å². The van der Waals surface area contributed by atoms with Crippen LogP contribution >= 0.6 is 0 Å². The summed E-state index contributed by atoms with van der Waals surface area (Å²) in [7, 11) is -3.48. The third-order valence-corrected chi connectivity index (χ3v) is 4.80. The third-order valence-electron chi connectivity index (χ3n) is 3.44. The maximum Gasteiger partial charge on any atom is 0.271 e. The first kappa shape index (κ1) is 18.0. The van der Waals surface area contributed by atoms with Crippen molar-refractivity contribution in [3.05, 3.63) is 47.8 Å². The normalized spacial score (nSPS) is 11.2. The van der Waals surface area contributed by atoms with Gasteiger partial charge in [-0.2, -0.15) is 5.10 Å². The first-order valence-corrected chi connectivity index (χ1v) is 9.53. The number of amides is 1. The minimum atomic E-state index is -3.48. The van der Waals surface area contributed by atoms with E-state index in [9.17, 15) is 13.2 Å². The lowest BCUT2D eigenvalue weighted by atomic mass is 10.1. The van der Waals surface area contributed by atoms with Gasteiger partial charge in [0.2, 0.25) is 10.0 Å². The molecule has 130 valence electrons. The first-order valence-electron chi connectivity index (χ1n) is 7.88. The predicted octanol–water partition coefficient (Wildman–Crippen LogP) is 1.92. The molecule has 0 saturated carbocycles. The molecule has 0 bridgehead atoms. The monoisotopic (exact) mass is 350 g/mol. The Hall–Kier alpha value is -2.35. The van der Waals surface area contributed by atoms with E-state index in [1.165, 1.54) is 6.20 Å². The topological polar surface area (TPSA) is 104 Å². The average molecular weight is 350 g/mol. The van der Waals surface area contributed by atoms with E-state index in [-0.39, 0.29) is 17.1 Å². The van der Waals surface area contributed by atoms with E-state index in [4.69, 9.17) is 0 Å². The molecule has 1 aromatic carbocycles. The molecule has 3 N–H and O–H groups in total. The van der Waals surface area contributed by atoms with Crippen LogP contribution in [0.5, 0.6) is 0 Å². The van der Waals surface area contributed by atoms with Gasteiger partial charge in [0.1, 0.15) is 5.69 Å². The van der Waals surface area contributed by atoms with Crippen LogP contribution in [0.15, 0.2) is 36.5 Å². The van der Waals surface area contributed by atoms with E-state index in [0.29, 0.717) is 19.4 Å². The summed E-state index contributed by atoms with van der Waals surface area (Å²) in [6, 6.07) is 9.78. The van der Waals surface area contributed by atoms with Crippen molar-refractivity contribution >= 4 is 21.6 Å². The van der Waals surface area contributed by atoms with Crippen molar-refractivity contribution in [2.24, 2.45) is 0 Å². The first-order chi connectivity index (χ1) is 11.5. The van der Waals surface area contributed by atoms with Crippen LogP contribution in [0.2, 0.25) is 0 Å². The summed E-state index contributed by atoms with van der Waals surface area (Å²) in [6.45, 7) is 2.36. The van der Waals surface area contributed by atoms with Crippen LogP contribution in [0.1, 0.15) is 35.8 Å². The van der Waals surface area contributed by atoms with Crippen molar-refractivity contribution in [2.45, 2.75) is 26.2 Å². The Kier molecular flexibility index (Phi) is 6.36. The summed E-state index contributed by atoms with van der Waals surface area (Å²) >= 11 is 0. The Morgan fingerprint density at radius 1 is 1.25 bits per heavy atom. The second-order valence-corrected chi connectivity index (χ2v) is 7.27. The van der Waals surface area contributed by atoms with Gasteiger partial charge in [0.25, 0.3) is 5.91 Å². The molecular formula is C16H22N4O3S. The molecule has 0 radical (unpaired) electrons. The van der Waals surface area contributed by atoms with Gasteiger partial charge < -0.3 is 5.32 Å². The summed E-state index contributed by atoms with van der Waals surface area (Å²) in [6.07, 6.45) is 3.33. The molecule has 1 amide bonds. The number of rotatable bonds is 9. The van der Waals surface area contributed by atoms with Gasteiger partial charge >= 0.3 is 0 Å². The Bertz CT molecular complexity index is 757. The Morgan fingerprint density at radius 2 is 2.00 bits per heavy atom. The summed E-state index contributed by atoms with van der Waals surface area (Å²) in [5.74, 6) is -0.374. The number of unbranched alkanes of at least 4 members (excludes halogenated alkanes) is 1. The van der Waals surface area contributed by atoms with E-state index in [0.717, 1.165) is 12.0 Å². The molecule has 0 spiro atoms. The van der Waals surface area contributed by atoms with Crippen LogP contribution in [-0.2, 0) is 16.4 Å². The van der Waals surface area contributed by atoms with E-state index in [2.05, 4.69) is 20.2 Å². The highest BCUT2D eigenvalue weighted by Crippen LogP contribution is 2.14. The van der Waals surface area contributed by atoms with Crippen molar-refractivity contribution in [3.8, 4) is 0 Å².